The average molecular weight is 373 g/mol. The van der Waals surface area contributed by atoms with Crippen molar-refractivity contribution in [3.8, 4) is 5.75 Å². The highest BCUT2D eigenvalue weighted by molar-refractivity contribution is 7.98. The van der Waals surface area contributed by atoms with Crippen LogP contribution in [0.25, 0.3) is 15.2 Å². The molecule has 5 nitrogen and oxygen atoms in total. The van der Waals surface area contributed by atoms with E-state index in [1.807, 2.05) is 16.5 Å². The smallest absolute Gasteiger partial charge is 0.217 e. The van der Waals surface area contributed by atoms with Gasteiger partial charge in [-0.15, -0.1) is 10.2 Å². The van der Waals surface area contributed by atoms with Crippen molar-refractivity contribution in [3.05, 3.63) is 53.3 Å². The number of ether oxygens (including phenoxy) is 2. The Morgan fingerprint density at radius 1 is 1.24 bits per heavy atom. The number of hydrogen-bond acceptors (Lipinski definition) is 6. The summed E-state index contributed by atoms with van der Waals surface area (Å²) in [5, 5.41) is 9.33. The van der Waals surface area contributed by atoms with Gasteiger partial charge >= 0.3 is 0 Å². The molecule has 2 aromatic heterocycles. The molecule has 0 N–H and O–H groups in total. The quantitative estimate of drug-likeness (QED) is 0.503. The zero-order valence-corrected chi connectivity index (χ0v) is 14.6. The van der Waals surface area contributed by atoms with Crippen LogP contribution in [0.15, 0.2) is 41.6 Å². The van der Waals surface area contributed by atoms with Gasteiger partial charge in [-0.05, 0) is 24.3 Å². The van der Waals surface area contributed by atoms with Crippen molar-refractivity contribution in [1.29, 1.82) is 0 Å². The van der Waals surface area contributed by atoms with Gasteiger partial charge in [0.1, 0.15) is 11.6 Å². The van der Waals surface area contributed by atoms with Gasteiger partial charge in [0, 0.05) is 16.9 Å². The zero-order chi connectivity index (χ0) is 16.8. The third kappa shape index (κ3) is 2.57. The molecule has 0 fully saturated rings. The van der Waals surface area contributed by atoms with E-state index in [0.717, 1.165) is 37.2 Å². The lowest BCUT2D eigenvalue weighted by Gasteiger charge is -2.20. The fraction of sp³-hybridized carbons (Fsp3) is 0.176. The number of thioether (sulfide) groups is 1. The normalized spacial score (nSPS) is 14.0. The number of aromatic nitrogens is 3. The van der Waals surface area contributed by atoms with Gasteiger partial charge in [0.05, 0.1) is 16.8 Å². The first-order valence-corrected chi connectivity index (χ1v) is 9.47. The second-order valence-corrected chi connectivity index (χ2v) is 7.57. The summed E-state index contributed by atoms with van der Waals surface area (Å²) >= 11 is 3.12. The fourth-order valence-corrected chi connectivity index (χ4v) is 4.89. The van der Waals surface area contributed by atoms with Crippen LogP contribution >= 0.6 is 23.1 Å². The van der Waals surface area contributed by atoms with Gasteiger partial charge in [0.25, 0.3) is 0 Å². The van der Waals surface area contributed by atoms with Crippen LogP contribution in [0.5, 0.6) is 5.75 Å². The first-order chi connectivity index (χ1) is 12.3. The molecule has 0 atom stereocenters. The van der Waals surface area contributed by atoms with Crippen LogP contribution in [0, 0.1) is 5.82 Å². The molecule has 0 bridgehead atoms. The summed E-state index contributed by atoms with van der Waals surface area (Å²) < 4.78 is 27.9. The molecule has 0 amide bonds. The Kier molecular flexibility index (Phi) is 3.61. The van der Waals surface area contributed by atoms with Crippen LogP contribution in [0.4, 0.5) is 4.39 Å². The SMILES string of the molecule is Fc1cc2c(c(CSc3nnc4sc5ccccc5n34)c1)OCOC2. The minimum Gasteiger partial charge on any atom is -0.467 e. The Hall–Kier alpha value is -2.16. The van der Waals surface area contributed by atoms with Crippen LogP contribution in [0.3, 0.4) is 0 Å². The van der Waals surface area contributed by atoms with E-state index in [0.29, 0.717) is 12.4 Å². The van der Waals surface area contributed by atoms with Gasteiger partial charge < -0.3 is 9.47 Å². The van der Waals surface area contributed by atoms with Crippen molar-refractivity contribution < 1.29 is 13.9 Å². The minimum atomic E-state index is -0.282. The Balaban J connectivity index is 1.51. The van der Waals surface area contributed by atoms with E-state index in [2.05, 4.69) is 22.3 Å². The molecule has 0 aliphatic carbocycles. The van der Waals surface area contributed by atoms with Gasteiger partial charge in [0.2, 0.25) is 4.96 Å². The highest BCUT2D eigenvalue weighted by atomic mass is 32.2. The lowest BCUT2D eigenvalue weighted by Crippen LogP contribution is -2.13. The summed E-state index contributed by atoms with van der Waals surface area (Å²) in [6.45, 7) is 0.565. The molecular formula is C17H12FN3O2S2. The molecule has 0 unspecified atom stereocenters. The summed E-state index contributed by atoms with van der Waals surface area (Å²) in [5.41, 5.74) is 2.63. The Morgan fingerprint density at radius 2 is 2.16 bits per heavy atom. The van der Waals surface area contributed by atoms with E-state index >= 15 is 0 Å². The molecular weight excluding hydrogens is 361 g/mol. The first-order valence-electron chi connectivity index (χ1n) is 7.67. The third-order valence-corrected chi connectivity index (χ3v) is 6.01. The highest BCUT2D eigenvalue weighted by Crippen LogP contribution is 2.35. The number of rotatable bonds is 3. The average Bonchev–Trinajstić information content (AvgIpc) is 3.18. The second kappa shape index (κ2) is 5.98. The number of halogens is 1. The van der Waals surface area contributed by atoms with Crippen molar-refractivity contribution in [2.45, 2.75) is 17.5 Å². The summed E-state index contributed by atoms with van der Waals surface area (Å²) in [6, 6.07) is 11.1. The fourth-order valence-electron chi connectivity index (χ4n) is 2.96. The molecule has 25 heavy (non-hydrogen) atoms. The molecule has 5 rings (SSSR count). The van der Waals surface area contributed by atoms with Gasteiger partial charge in [-0.2, -0.15) is 0 Å². The molecule has 1 aliphatic heterocycles. The van der Waals surface area contributed by atoms with E-state index < -0.39 is 0 Å². The minimum absolute atomic E-state index is 0.195. The molecule has 2 aromatic carbocycles. The maximum atomic E-state index is 13.9. The predicted octanol–water partition coefficient (Wildman–Crippen LogP) is 4.24. The topological polar surface area (TPSA) is 48.7 Å². The molecule has 0 radical (unpaired) electrons. The third-order valence-electron chi connectivity index (χ3n) is 4.02. The summed E-state index contributed by atoms with van der Waals surface area (Å²) in [7, 11) is 0. The van der Waals surface area contributed by atoms with Crippen LogP contribution in [-0.2, 0) is 17.1 Å². The first kappa shape index (κ1) is 15.1. The van der Waals surface area contributed by atoms with Crippen LogP contribution in [0.2, 0.25) is 0 Å². The van der Waals surface area contributed by atoms with Gasteiger partial charge in [0.15, 0.2) is 11.9 Å². The molecule has 126 valence electrons. The van der Waals surface area contributed by atoms with Crippen molar-refractivity contribution in [2.75, 3.05) is 6.79 Å². The van der Waals surface area contributed by atoms with Crippen molar-refractivity contribution in [1.82, 2.24) is 14.6 Å². The Morgan fingerprint density at radius 3 is 3.12 bits per heavy atom. The Labute approximate surface area is 150 Å². The number of nitrogens with zero attached hydrogens (tertiary/aromatic N) is 3. The number of para-hydroxylation sites is 1. The number of hydrogen-bond donors (Lipinski definition) is 0. The van der Waals surface area contributed by atoms with Crippen LogP contribution in [-0.4, -0.2) is 21.4 Å². The number of thiazole rings is 1. The van der Waals surface area contributed by atoms with Crippen LogP contribution < -0.4 is 4.74 Å². The monoisotopic (exact) mass is 373 g/mol. The second-order valence-electron chi connectivity index (χ2n) is 5.62. The lowest BCUT2D eigenvalue weighted by atomic mass is 10.1. The lowest BCUT2D eigenvalue weighted by molar-refractivity contribution is -0.0171. The van der Waals surface area contributed by atoms with E-state index in [-0.39, 0.29) is 12.6 Å². The van der Waals surface area contributed by atoms with Gasteiger partial charge in [-0.25, -0.2) is 4.39 Å². The number of fused-ring (bicyclic) bond motifs is 4. The summed E-state index contributed by atoms with van der Waals surface area (Å²) in [6.07, 6.45) is 0. The van der Waals surface area contributed by atoms with Crippen molar-refractivity contribution in [2.24, 2.45) is 0 Å². The maximum Gasteiger partial charge on any atom is 0.217 e. The molecule has 0 spiro atoms. The number of benzene rings is 2. The molecule has 8 heteroatoms. The van der Waals surface area contributed by atoms with E-state index in [1.54, 1.807) is 11.3 Å². The van der Waals surface area contributed by atoms with Crippen LogP contribution in [0.1, 0.15) is 11.1 Å². The summed E-state index contributed by atoms with van der Waals surface area (Å²) in [5.74, 6) is 0.984. The maximum absolute atomic E-state index is 13.9. The van der Waals surface area contributed by atoms with E-state index in [1.165, 1.54) is 23.9 Å². The van der Waals surface area contributed by atoms with Crippen molar-refractivity contribution in [3.63, 3.8) is 0 Å². The van der Waals surface area contributed by atoms with Gasteiger partial charge in [-0.3, -0.25) is 4.40 Å². The largest absolute Gasteiger partial charge is 0.467 e. The van der Waals surface area contributed by atoms with E-state index in [4.69, 9.17) is 9.47 Å². The molecule has 0 saturated heterocycles. The highest BCUT2D eigenvalue weighted by Gasteiger charge is 2.19. The summed E-state index contributed by atoms with van der Waals surface area (Å²) in [4.78, 5) is 0.856. The molecule has 1 aliphatic rings. The molecule has 4 aromatic rings. The zero-order valence-electron chi connectivity index (χ0n) is 12.9. The molecule has 0 saturated carbocycles. The Bertz CT molecular complexity index is 1090. The molecule has 3 heterocycles. The standard InChI is InChI=1S/C17H12FN3O2S2/c18-12-5-10-7-22-9-23-15(10)11(6-12)8-24-16-19-20-17-21(16)13-3-1-2-4-14(13)25-17/h1-6H,7-9H2. The van der Waals surface area contributed by atoms with E-state index in [9.17, 15) is 4.39 Å². The predicted molar refractivity (Wildman–Crippen MR) is 94.6 cm³/mol. The van der Waals surface area contributed by atoms with Crippen molar-refractivity contribution >= 4 is 38.3 Å². The van der Waals surface area contributed by atoms with Gasteiger partial charge in [-0.1, -0.05) is 35.2 Å².